The van der Waals surface area contributed by atoms with Gasteiger partial charge in [-0.25, -0.2) is 13.6 Å². The number of halogens is 2. The molecule has 1 aromatic carbocycles. The zero-order valence-corrected chi connectivity index (χ0v) is 16.3. The van der Waals surface area contributed by atoms with E-state index in [0.717, 1.165) is 44.6 Å². The highest BCUT2D eigenvalue weighted by atomic mass is 32.1. The van der Waals surface area contributed by atoms with Gasteiger partial charge in [-0.05, 0) is 61.0 Å². The van der Waals surface area contributed by atoms with Crippen molar-refractivity contribution in [3.05, 3.63) is 57.8 Å². The number of rotatable bonds is 6. The Morgan fingerprint density at radius 3 is 2.70 bits per heavy atom. The molecule has 1 fully saturated rings. The van der Waals surface area contributed by atoms with Crippen molar-refractivity contribution in [1.82, 2.24) is 15.1 Å². The molecule has 0 bridgehead atoms. The molecule has 4 nitrogen and oxygen atoms in total. The van der Waals surface area contributed by atoms with E-state index in [9.17, 15) is 13.6 Å². The molecule has 1 aliphatic rings. The topological polar surface area (TPSA) is 35.6 Å². The lowest BCUT2D eigenvalue weighted by Crippen LogP contribution is -2.42. The number of nitrogens with zero attached hydrogens (tertiary/aromatic N) is 2. The standard InChI is InChI=1S/C20H25F2N3OS/c1-24(13-16-4-5-18(21)19(22)11-16)20(26)23-12-15-6-8-25(9-7-15)14-17-3-2-10-27-17/h2-5,10-11,15H,6-9,12-14H2,1H3,(H,23,26). The molecule has 27 heavy (non-hydrogen) atoms. The first kappa shape index (κ1) is 19.8. The van der Waals surface area contributed by atoms with Gasteiger partial charge in [0.1, 0.15) is 0 Å². The van der Waals surface area contributed by atoms with Crippen LogP contribution in [-0.4, -0.2) is 42.5 Å². The van der Waals surface area contributed by atoms with E-state index < -0.39 is 11.6 Å². The first-order chi connectivity index (χ1) is 13.0. The van der Waals surface area contributed by atoms with E-state index in [2.05, 4.69) is 27.7 Å². The fourth-order valence-electron chi connectivity index (χ4n) is 3.32. The monoisotopic (exact) mass is 393 g/mol. The lowest BCUT2D eigenvalue weighted by atomic mass is 9.97. The van der Waals surface area contributed by atoms with Crippen molar-refractivity contribution in [2.75, 3.05) is 26.7 Å². The third kappa shape index (κ3) is 5.74. The van der Waals surface area contributed by atoms with Crippen molar-refractivity contribution in [1.29, 1.82) is 0 Å². The van der Waals surface area contributed by atoms with Crippen LogP contribution in [0.25, 0.3) is 0 Å². The van der Waals surface area contributed by atoms with Crippen molar-refractivity contribution < 1.29 is 13.6 Å². The Morgan fingerprint density at radius 2 is 2.04 bits per heavy atom. The van der Waals surface area contributed by atoms with Crippen molar-refractivity contribution in [3.8, 4) is 0 Å². The maximum absolute atomic E-state index is 13.3. The Hall–Kier alpha value is -1.99. The van der Waals surface area contributed by atoms with Crippen LogP contribution in [0.15, 0.2) is 35.7 Å². The predicted molar refractivity (Wildman–Crippen MR) is 104 cm³/mol. The fourth-order valence-corrected chi connectivity index (χ4v) is 4.07. The number of nitrogens with one attached hydrogen (secondary N) is 1. The molecule has 0 radical (unpaired) electrons. The van der Waals surface area contributed by atoms with Gasteiger partial charge in [0.15, 0.2) is 11.6 Å². The van der Waals surface area contributed by atoms with E-state index in [0.29, 0.717) is 18.0 Å². The number of carbonyl (C=O) groups is 1. The second-order valence-electron chi connectivity index (χ2n) is 7.09. The van der Waals surface area contributed by atoms with E-state index in [1.54, 1.807) is 18.4 Å². The zero-order valence-electron chi connectivity index (χ0n) is 15.5. The van der Waals surface area contributed by atoms with Crippen LogP contribution in [0.1, 0.15) is 23.3 Å². The summed E-state index contributed by atoms with van der Waals surface area (Å²) in [5.41, 5.74) is 0.563. The SMILES string of the molecule is CN(Cc1ccc(F)c(F)c1)C(=O)NCC1CCN(Cc2cccs2)CC1. The van der Waals surface area contributed by atoms with Gasteiger partial charge in [-0.15, -0.1) is 11.3 Å². The summed E-state index contributed by atoms with van der Waals surface area (Å²) in [5.74, 6) is -1.29. The van der Waals surface area contributed by atoms with Crippen LogP contribution in [-0.2, 0) is 13.1 Å². The molecule has 0 aliphatic carbocycles. The minimum absolute atomic E-state index is 0.194. The summed E-state index contributed by atoms with van der Waals surface area (Å²) in [6, 6.07) is 7.76. The minimum Gasteiger partial charge on any atom is -0.338 e. The molecule has 1 aliphatic heterocycles. The molecule has 0 spiro atoms. The highest BCUT2D eigenvalue weighted by Gasteiger charge is 2.20. The van der Waals surface area contributed by atoms with Crippen molar-refractivity contribution in [2.45, 2.75) is 25.9 Å². The van der Waals surface area contributed by atoms with E-state index in [4.69, 9.17) is 0 Å². The number of likely N-dealkylation sites (tertiary alicyclic amines) is 1. The molecular formula is C20H25F2N3OS. The third-order valence-electron chi connectivity index (χ3n) is 4.96. The van der Waals surface area contributed by atoms with Gasteiger partial charge in [-0.1, -0.05) is 12.1 Å². The van der Waals surface area contributed by atoms with E-state index in [1.165, 1.54) is 15.8 Å². The Balaban J connectivity index is 1.38. The number of piperidine rings is 1. The first-order valence-electron chi connectivity index (χ1n) is 9.19. The molecule has 1 saturated heterocycles. The van der Waals surface area contributed by atoms with E-state index >= 15 is 0 Å². The smallest absolute Gasteiger partial charge is 0.317 e. The van der Waals surface area contributed by atoms with Gasteiger partial charge in [0.25, 0.3) is 0 Å². The number of carbonyl (C=O) groups excluding carboxylic acids is 1. The highest BCUT2D eigenvalue weighted by Crippen LogP contribution is 2.20. The molecule has 1 aromatic heterocycles. The van der Waals surface area contributed by atoms with Gasteiger partial charge in [0.05, 0.1) is 0 Å². The average Bonchev–Trinajstić information content (AvgIpc) is 3.17. The highest BCUT2D eigenvalue weighted by molar-refractivity contribution is 7.09. The van der Waals surface area contributed by atoms with Gasteiger partial charge in [0, 0.05) is 31.6 Å². The quantitative estimate of drug-likeness (QED) is 0.803. The molecule has 1 N–H and O–H groups in total. The molecule has 146 valence electrons. The summed E-state index contributed by atoms with van der Waals surface area (Å²) < 4.78 is 26.3. The van der Waals surface area contributed by atoms with Gasteiger partial charge >= 0.3 is 6.03 Å². The number of urea groups is 1. The predicted octanol–water partition coefficient (Wildman–Crippen LogP) is 4.08. The molecule has 0 atom stereocenters. The van der Waals surface area contributed by atoms with Gasteiger partial charge in [-0.3, -0.25) is 4.90 Å². The number of benzene rings is 1. The number of amides is 2. The third-order valence-corrected chi connectivity index (χ3v) is 5.82. The van der Waals surface area contributed by atoms with Crippen molar-refractivity contribution in [2.24, 2.45) is 5.92 Å². The number of hydrogen-bond donors (Lipinski definition) is 1. The molecular weight excluding hydrogens is 368 g/mol. The van der Waals surface area contributed by atoms with Crippen LogP contribution in [0, 0.1) is 17.6 Å². The largest absolute Gasteiger partial charge is 0.338 e. The van der Waals surface area contributed by atoms with Gasteiger partial charge < -0.3 is 10.2 Å². The number of thiophene rings is 1. The summed E-state index contributed by atoms with van der Waals surface area (Å²) in [5, 5.41) is 5.07. The van der Waals surface area contributed by atoms with E-state index in [-0.39, 0.29) is 12.6 Å². The Bertz CT molecular complexity index is 746. The Labute approximate surface area is 162 Å². The van der Waals surface area contributed by atoms with Gasteiger partial charge in [-0.2, -0.15) is 0 Å². The van der Waals surface area contributed by atoms with Crippen molar-refractivity contribution >= 4 is 17.4 Å². The summed E-state index contributed by atoms with van der Waals surface area (Å²) in [7, 11) is 1.65. The lowest BCUT2D eigenvalue weighted by Gasteiger charge is -2.32. The van der Waals surface area contributed by atoms with Crippen LogP contribution in [0.4, 0.5) is 13.6 Å². The number of hydrogen-bond acceptors (Lipinski definition) is 3. The van der Waals surface area contributed by atoms with Crippen LogP contribution in [0.5, 0.6) is 0 Å². The van der Waals surface area contributed by atoms with Crippen molar-refractivity contribution in [3.63, 3.8) is 0 Å². The molecule has 0 unspecified atom stereocenters. The Morgan fingerprint density at radius 1 is 1.26 bits per heavy atom. The van der Waals surface area contributed by atoms with Crippen LogP contribution in [0.2, 0.25) is 0 Å². The first-order valence-corrected chi connectivity index (χ1v) is 10.1. The van der Waals surface area contributed by atoms with Crippen LogP contribution >= 0.6 is 11.3 Å². The Kier molecular flexibility index (Phi) is 6.79. The minimum atomic E-state index is -0.893. The summed E-state index contributed by atoms with van der Waals surface area (Å²) in [4.78, 5) is 17.6. The second-order valence-corrected chi connectivity index (χ2v) is 8.12. The fraction of sp³-hybridized carbons (Fsp3) is 0.450. The molecule has 7 heteroatoms. The summed E-state index contributed by atoms with van der Waals surface area (Å²) in [6.45, 7) is 3.98. The summed E-state index contributed by atoms with van der Waals surface area (Å²) >= 11 is 1.79. The second kappa shape index (κ2) is 9.28. The normalized spacial score (nSPS) is 15.7. The maximum Gasteiger partial charge on any atom is 0.317 e. The molecule has 2 heterocycles. The maximum atomic E-state index is 13.3. The van der Waals surface area contributed by atoms with Crippen LogP contribution < -0.4 is 5.32 Å². The molecule has 2 aromatic rings. The van der Waals surface area contributed by atoms with E-state index in [1.807, 2.05) is 0 Å². The zero-order chi connectivity index (χ0) is 19.2. The lowest BCUT2D eigenvalue weighted by molar-refractivity contribution is 0.171. The van der Waals surface area contributed by atoms with Gasteiger partial charge in [0.2, 0.25) is 0 Å². The summed E-state index contributed by atoms with van der Waals surface area (Å²) in [6.07, 6.45) is 2.14. The van der Waals surface area contributed by atoms with Crippen LogP contribution in [0.3, 0.4) is 0 Å². The average molecular weight is 394 g/mol. The molecule has 0 saturated carbocycles. The molecule has 2 amide bonds. The molecule has 3 rings (SSSR count).